The number of carboxylic acid groups (broad SMARTS) is 1. The van der Waals surface area contributed by atoms with Crippen LogP contribution >= 0.6 is 0 Å². The molecule has 0 saturated carbocycles. The Morgan fingerprint density at radius 2 is 1.39 bits per heavy atom. The number of hydrogen-bond donors (Lipinski definition) is 4. The topological polar surface area (TPSA) is 124 Å². The van der Waals surface area contributed by atoms with Gasteiger partial charge in [-0.1, -0.05) is 18.6 Å². The second kappa shape index (κ2) is 13.7. The number of aliphatic hydroxyl groups is 3. The molecule has 0 atom stereocenters. The van der Waals surface area contributed by atoms with E-state index in [2.05, 4.69) is 0 Å². The maximum absolute atomic E-state index is 11.7. The molecule has 0 saturated heterocycles. The number of unbranched alkanes of at least 4 members (excludes halogenated alkanes) is 3. The Labute approximate surface area is 135 Å². The Kier molecular flexibility index (Phi) is 12.5. The molecule has 1 aromatic rings. The number of rotatable bonds is 9. The number of esters is 1. The van der Waals surface area contributed by atoms with Crippen LogP contribution in [0.2, 0.25) is 0 Å². The van der Waals surface area contributed by atoms with Crippen LogP contribution in [0, 0.1) is 0 Å². The SMILES string of the molecule is O=C(O)c1ccccc1C(=O)OCCCCCCO.OCCO. The number of carbonyl (C=O) groups excluding carboxylic acids is 1. The standard InChI is InChI=1S/C14H18O5.C2H6O2/c15-9-5-1-2-6-10-19-14(18)12-8-4-3-7-11(12)13(16)17;3-1-2-4/h3-4,7-8,15H,1-2,5-6,9-10H2,(H,16,17);3-4H,1-2H2. The third-order valence-electron chi connectivity index (χ3n) is 2.76. The molecule has 7 heteroatoms. The summed E-state index contributed by atoms with van der Waals surface area (Å²) in [6.45, 7) is 0.185. The number of aromatic carboxylic acids is 1. The maximum Gasteiger partial charge on any atom is 0.339 e. The van der Waals surface area contributed by atoms with Crippen LogP contribution in [0.5, 0.6) is 0 Å². The lowest BCUT2D eigenvalue weighted by atomic mass is 10.1. The van der Waals surface area contributed by atoms with Crippen LogP contribution in [0.4, 0.5) is 0 Å². The minimum absolute atomic E-state index is 0.0484. The highest BCUT2D eigenvalue weighted by molar-refractivity contribution is 6.02. The number of carboxylic acids is 1. The van der Waals surface area contributed by atoms with Gasteiger partial charge in [-0.25, -0.2) is 9.59 Å². The van der Waals surface area contributed by atoms with E-state index < -0.39 is 11.9 Å². The van der Waals surface area contributed by atoms with Gasteiger partial charge in [0.2, 0.25) is 0 Å². The molecule has 7 nitrogen and oxygen atoms in total. The molecule has 0 aromatic heterocycles. The molecule has 0 radical (unpaired) electrons. The highest BCUT2D eigenvalue weighted by Gasteiger charge is 2.16. The quantitative estimate of drug-likeness (QED) is 0.395. The van der Waals surface area contributed by atoms with Crippen molar-refractivity contribution in [1.29, 1.82) is 0 Å². The first-order valence-corrected chi connectivity index (χ1v) is 7.40. The first-order valence-electron chi connectivity index (χ1n) is 7.40. The zero-order valence-electron chi connectivity index (χ0n) is 13.0. The predicted octanol–water partition coefficient (Wildman–Crippen LogP) is 1.07. The molecule has 0 amide bonds. The van der Waals surface area contributed by atoms with Crippen LogP contribution in [0.25, 0.3) is 0 Å². The number of carbonyl (C=O) groups is 2. The van der Waals surface area contributed by atoms with Crippen molar-refractivity contribution in [2.45, 2.75) is 25.7 Å². The van der Waals surface area contributed by atoms with Crippen LogP contribution < -0.4 is 0 Å². The first kappa shape index (κ1) is 21.0. The first-order chi connectivity index (χ1) is 11.1. The summed E-state index contributed by atoms with van der Waals surface area (Å²) in [4.78, 5) is 22.7. The van der Waals surface area contributed by atoms with E-state index in [4.69, 9.17) is 25.2 Å². The monoisotopic (exact) mass is 328 g/mol. The minimum Gasteiger partial charge on any atom is -0.478 e. The van der Waals surface area contributed by atoms with E-state index in [1.165, 1.54) is 12.1 Å². The fraction of sp³-hybridized carbons (Fsp3) is 0.500. The fourth-order valence-corrected chi connectivity index (χ4v) is 1.66. The van der Waals surface area contributed by atoms with E-state index in [1.807, 2.05) is 0 Å². The second-order valence-electron chi connectivity index (χ2n) is 4.57. The summed E-state index contributed by atoms with van der Waals surface area (Å²) < 4.78 is 5.03. The van der Waals surface area contributed by atoms with Crippen molar-refractivity contribution in [3.8, 4) is 0 Å². The molecule has 0 unspecified atom stereocenters. The second-order valence-corrected chi connectivity index (χ2v) is 4.57. The summed E-state index contributed by atoms with van der Waals surface area (Å²) in [5.74, 6) is -1.75. The number of ether oxygens (including phenoxy) is 1. The Bertz CT molecular complexity index is 457. The molecule has 4 N–H and O–H groups in total. The van der Waals surface area contributed by atoms with E-state index >= 15 is 0 Å². The Balaban J connectivity index is 0.00000108. The average Bonchev–Trinajstić information content (AvgIpc) is 2.58. The van der Waals surface area contributed by atoms with Gasteiger partial charge in [-0.15, -0.1) is 0 Å². The lowest BCUT2D eigenvalue weighted by Crippen LogP contribution is -2.12. The van der Waals surface area contributed by atoms with Gasteiger partial charge in [0, 0.05) is 6.61 Å². The molecule has 0 spiro atoms. The zero-order valence-corrected chi connectivity index (χ0v) is 13.0. The van der Waals surface area contributed by atoms with E-state index in [0.717, 1.165) is 19.3 Å². The molecule has 0 heterocycles. The average molecular weight is 328 g/mol. The lowest BCUT2D eigenvalue weighted by Gasteiger charge is -2.06. The summed E-state index contributed by atoms with van der Waals surface area (Å²) >= 11 is 0. The van der Waals surface area contributed by atoms with Crippen LogP contribution in [0.3, 0.4) is 0 Å². The van der Waals surface area contributed by atoms with Gasteiger partial charge in [0.25, 0.3) is 0 Å². The smallest absolute Gasteiger partial charge is 0.339 e. The van der Waals surface area contributed by atoms with Gasteiger partial charge >= 0.3 is 11.9 Å². The fourth-order valence-electron chi connectivity index (χ4n) is 1.66. The van der Waals surface area contributed by atoms with E-state index in [9.17, 15) is 9.59 Å². The molecule has 1 aromatic carbocycles. The van der Waals surface area contributed by atoms with E-state index in [0.29, 0.717) is 6.42 Å². The van der Waals surface area contributed by atoms with Gasteiger partial charge in [-0.3, -0.25) is 0 Å². The Hall–Kier alpha value is -1.96. The van der Waals surface area contributed by atoms with Crippen molar-refractivity contribution in [1.82, 2.24) is 0 Å². The van der Waals surface area contributed by atoms with Gasteiger partial charge in [-0.05, 0) is 31.4 Å². The molecule has 0 bridgehead atoms. The third-order valence-corrected chi connectivity index (χ3v) is 2.76. The normalized spacial score (nSPS) is 9.70. The van der Waals surface area contributed by atoms with Crippen LogP contribution in [0.15, 0.2) is 24.3 Å². The molecule has 0 aliphatic heterocycles. The maximum atomic E-state index is 11.7. The molecular formula is C16H24O7. The summed E-state index contributed by atoms with van der Waals surface area (Å²) in [5, 5.41) is 32.8. The summed E-state index contributed by atoms with van der Waals surface area (Å²) in [6.07, 6.45) is 3.21. The molecule has 1 rings (SSSR count). The van der Waals surface area contributed by atoms with Gasteiger partial charge in [0.15, 0.2) is 0 Å². The Morgan fingerprint density at radius 1 is 0.826 bits per heavy atom. The van der Waals surface area contributed by atoms with Crippen molar-refractivity contribution in [3.05, 3.63) is 35.4 Å². The number of aliphatic hydroxyl groups excluding tert-OH is 3. The van der Waals surface area contributed by atoms with Crippen LogP contribution in [0.1, 0.15) is 46.4 Å². The third kappa shape index (κ3) is 9.62. The molecule has 0 aliphatic rings. The number of hydrogen-bond acceptors (Lipinski definition) is 6. The van der Waals surface area contributed by atoms with Crippen molar-refractivity contribution < 1.29 is 34.8 Å². The summed E-state index contributed by atoms with van der Waals surface area (Å²) in [5.41, 5.74) is 0.0261. The summed E-state index contributed by atoms with van der Waals surface area (Å²) in [7, 11) is 0. The van der Waals surface area contributed by atoms with Crippen LogP contribution in [-0.2, 0) is 4.74 Å². The van der Waals surface area contributed by atoms with Crippen molar-refractivity contribution in [3.63, 3.8) is 0 Å². The predicted molar refractivity (Wildman–Crippen MR) is 83.4 cm³/mol. The minimum atomic E-state index is -1.14. The van der Waals surface area contributed by atoms with Crippen molar-refractivity contribution in [2.75, 3.05) is 26.4 Å². The lowest BCUT2D eigenvalue weighted by molar-refractivity contribution is 0.0487. The Morgan fingerprint density at radius 3 is 1.91 bits per heavy atom. The highest BCUT2D eigenvalue weighted by Crippen LogP contribution is 2.11. The van der Waals surface area contributed by atoms with E-state index in [1.54, 1.807) is 12.1 Å². The molecule has 130 valence electrons. The molecular weight excluding hydrogens is 304 g/mol. The van der Waals surface area contributed by atoms with Gasteiger partial charge < -0.3 is 25.2 Å². The number of benzene rings is 1. The molecule has 0 aliphatic carbocycles. The van der Waals surface area contributed by atoms with Crippen LogP contribution in [-0.4, -0.2) is 58.8 Å². The van der Waals surface area contributed by atoms with E-state index in [-0.39, 0.29) is 37.6 Å². The van der Waals surface area contributed by atoms with Gasteiger partial charge in [-0.2, -0.15) is 0 Å². The molecule has 0 fully saturated rings. The summed E-state index contributed by atoms with van der Waals surface area (Å²) in [6, 6.07) is 5.98. The zero-order chi connectivity index (χ0) is 17.5. The highest BCUT2D eigenvalue weighted by atomic mass is 16.5. The van der Waals surface area contributed by atoms with Crippen molar-refractivity contribution >= 4 is 11.9 Å². The molecule has 23 heavy (non-hydrogen) atoms. The van der Waals surface area contributed by atoms with Gasteiger partial charge in [0.05, 0.1) is 30.9 Å². The van der Waals surface area contributed by atoms with Gasteiger partial charge in [0.1, 0.15) is 0 Å². The largest absolute Gasteiger partial charge is 0.478 e. The van der Waals surface area contributed by atoms with Crippen molar-refractivity contribution in [2.24, 2.45) is 0 Å².